The molecular weight excluding hydrogens is 318 g/mol. The van der Waals surface area contributed by atoms with Crippen molar-refractivity contribution in [2.24, 2.45) is 11.8 Å². The summed E-state index contributed by atoms with van der Waals surface area (Å²) >= 11 is 0. The molecule has 0 radical (unpaired) electrons. The van der Waals surface area contributed by atoms with E-state index >= 15 is 0 Å². The number of piperidine rings is 1. The molecule has 0 amide bonds. The Bertz CT molecular complexity index is 755. The second kappa shape index (κ2) is 5.42. The van der Waals surface area contributed by atoms with Crippen LogP contribution in [0.15, 0.2) is 29.2 Å². The van der Waals surface area contributed by atoms with Crippen molar-refractivity contribution in [3.05, 3.63) is 29.8 Å². The van der Waals surface area contributed by atoms with Gasteiger partial charge in [-0.15, -0.1) is 0 Å². The number of fused-ring (bicyclic) bond motifs is 1. The quantitative estimate of drug-likeness (QED) is 0.770. The Morgan fingerprint density at radius 1 is 1.26 bits per heavy atom. The number of Topliss-reactive ketones (excluding diaryl/α,β-unsaturated/α-hetero) is 1. The van der Waals surface area contributed by atoms with Crippen LogP contribution in [0, 0.1) is 18.8 Å². The molecule has 0 spiro atoms. The lowest BCUT2D eigenvalue weighted by Crippen LogP contribution is -2.42. The fourth-order valence-corrected chi connectivity index (χ4v) is 5.17. The zero-order valence-corrected chi connectivity index (χ0v) is 14.0. The van der Waals surface area contributed by atoms with Gasteiger partial charge in [-0.2, -0.15) is 4.31 Å². The molecular formula is C16H19NO5S. The lowest BCUT2D eigenvalue weighted by molar-refractivity contribution is -0.146. The van der Waals surface area contributed by atoms with E-state index in [0.29, 0.717) is 0 Å². The van der Waals surface area contributed by atoms with Gasteiger partial charge in [-0.05, 0) is 32.9 Å². The van der Waals surface area contributed by atoms with Gasteiger partial charge >= 0.3 is 5.97 Å². The van der Waals surface area contributed by atoms with E-state index in [0.717, 1.165) is 5.56 Å². The zero-order chi connectivity index (χ0) is 16.9. The third-order valence-electron chi connectivity index (χ3n) is 4.55. The van der Waals surface area contributed by atoms with Crippen LogP contribution in [-0.4, -0.2) is 43.2 Å². The maximum absolute atomic E-state index is 12.9. The van der Waals surface area contributed by atoms with Crippen molar-refractivity contribution in [2.45, 2.75) is 37.8 Å². The number of sulfonamides is 1. The molecule has 1 aliphatic carbocycles. The van der Waals surface area contributed by atoms with E-state index in [2.05, 4.69) is 0 Å². The molecule has 1 saturated heterocycles. The highest BCUT2D eigenvalue weighted by atomic mass is 32.2. The first-order valence-corrected chi connectivity index (χ1v) is 9.05. The highest BCUT2D eigenvalue weighted by molar-refractivity contribution is 7.89. The molecule has 23 heavy (non-hydrogen) atoms. The summed E-state index contributed by atoms with van der Waals surface area (Å²) in [7, 11) is -3.82. The molecule has 0 bridgehead atoms. The predicted molar refractivity (Wildman–Crippen MR) is 82.1 cm³/mol. The van der Waals surface area contributed by atoms with Crippen molar-refractivity contribution in [3.63, 3.8) is 0 Å². The molecule has 1 aromatic rings. The molecule has 3 rings (SSSR count). The Morgan fingerprint density at radius 3 is 2.43 bits per heavy atom. The number of ether oxygens (including phenoxy) is 1. The molecule has 0 unspecified atom stereocenters. The average Bonchev–Trinajstić information content (AvgIpc) is 3.15. The number of ketones is 1. The number of benzene rings is 1. The SMILES string of the molecule is CCOC(=O)[C@H]1[C@@H]2C(=O)[C@@H](C)N(S(=O)(=O)c3ccc(C)cc3)[C@H]12. The summed E-state index contributed by atoms with van der Waals surface area (Å²) in [5.74, 6) is -1.93. The number of hydrogen-bond donors (Lipinski definition) is 0. The van der Waals surface area contributed by atoms with Gasteiger partial charge in [0.1, 0.15) is 0 Å². The number of aryl methyl sites for hydroxylation is 1. The summed E-state index contributed by atoms with van der Waals surface area (Å²) in [5, 5.41) is 0. The third kappa shape index (κ3) is 2.38. The van der Waals surface area contributed by atoms with E-state index < -0.39 is 39.9 Å². The van der Waals surface area contributed by atoms with Crippen LogP contribution in [0.5, 0.6) is 0 Å². The zero-order valence-electron chi connectivity index (χ0n) is 13.2. The number of carbonyl (C=O) groups excluding carboxylic acids is 2. The smallest absolute Gasteiger partial charge is 0.311 e. The Morgan fingerprint density at radius 2 is 1.87 bits per heavy atom. The molecule has 2 fully saturated rings. The summed E-state index contributed by atoms with van der Waals surface area (Å²) in [4.78, 5) is 24.4. The predicted octanol–water partition coefficient (Wildman–Crippen LogP) is 1.13. The number of hydrogen-bond acceptors (Lipinski definition) is 5. The molecule has 4 atom stereocenters. The molecule has 1 aromatic carbocycles. The van der Waals surface area contributed by atoms with Crippen LogP contribution in [0.3, 0.4) is 0 Å². The maximum atomic E-state index is 12.9. The number of rotatable bonds is 4. The number of esters is 1. The fraction of sp³-hybridized carbons (Fsp3) is 0.500. The Labute approximate surface area is 135 Å². The van der Waals surface area contributed by atoms with Crippen molar-refractivity contribution in [1.82, 2.24) is 4.31 Å². The summed E-state index contributed by atoms with van der Waals surface area (Å²) in [6.07, 6.45) is 0. The monoisotopic (exact) mass is 337 g/mol. The van der Waals surface area contributed by atoms with Gasteiger partial charge < -0.3 is 4.74 Å². The molecule has 0 aromatic heterocycles. The fourth-order valence-electron chi connectivity index (χ4n) is 3.34. The van der Waals surface area contributed by atoms with Crippen LogP contribution >= 0.6 is 0 Å². The first kappa shape index (κ1) is 16.1. The molecule has 6 nitrogen and oxygen atoms in total. The van der Waals surface area contributed by atoms with Crippen LogP contribution < -0.4 is 0 Å². The number of carbonyl (C=O) groups is 2. The van der Waals surface area contributed by atoms with Crippen molar-refractivity contribution < 1.29 is 22.7 Å². The van der Waals surface area contributed by atoms with E-state index in [9.17, 15) is 18.0 Å². The first-order valence-electron chi connectivity index (χ1n) is 7.61. The average molecular weight is 337 g/mol. The van der Waals surface area contributed by atoms with Gasteiger partial charge in [0.2, 0.25) is 10.0 Å². The maximum Gasteiger partial charge on any atom is 0.311 e. The topological polar surface area (TPSA) is 80.8 Å². The lowest BCUT2D eigenvalue weighted by atomic mass is 10.1. The second-order valence-corrected chi connectivity index (χ2v) is 7.86. The minimum absolute atomic E-state index is 0.137. The van der Waals surface area contributed by atoms with Crippen LogP contribution in [0.4, 0.5) is 0 Å². The minimum atomic E-state index is -3.82. The normalized spacial score (nSPS) is 30.1. The van der Waals surface area contributed by atoms with E-state index in [1.165, 1.54) is 16.4 Å². The van der Waals surface area contributed by atoms with Crippen molar-refractivity contribution >= 4 is 21.8 Å². The summed E-state index contributed by atoms with van der Waals surface area (Å²) < 4.78 is 31.9. The van der Waals surface area contributed by atoms with Crippen LogP contribution in [0.1, 0.15) is 19.4 Å². The summed E-state index contributed by atoms with van der Waals surface area (Å²) in [5.41, 5.74) is 0.947. The largest absolute Gasteiger partial charge is 0.466 e. The molecule has 2 aliphatic rings. The van der Waals surface area contributed by atoms with Gasteiger partial charge in [-0.25, -0.2) is 8.42 Å². The van der Waals surface area contributed by atoms with Gasteiger partial charge in [0, 0.05) is 0 Å². The summed E-state index contributed by atoms with van der Waals surface area (Å²) in [6, 6.07) is 5.11. The Hall–Kier alpha value is -1.73. The highest BCUT2D eigenvalue weighted by Crippen LogP contribution is 2.53. The molecule has 1 saturated carbocycles. The van der Waals surface area contributed by atoms with Gasteiger partial charge in [0.25, 0.3) is 0 Å². The standard InChI is InChI=1S/C16H19NO5S/c1-4-22-16(19)13-12-14(13)17(10(3)15(12)18)23(20,21)11-7-5-9(2)6-8-11/h5-8,10,12-14H,4H2,1-3H3/t10-,12+,13+,14+/m1/s1. The Kier molecular flexibility index (Phi) is 3.80. The molecule has 1 heterocycles. The highest BCUT2D eigenvalue weighted by Gasteiger charge is 2.71. The van der Waals surface area contributed by atoms with E-state index in [-0.39, 0.29) is 17.3 Å². The summed E-state index contributed by atoms with van der Waals surface area (Å²) in [6.45, 7) is 5.33. The Balaban J connectivity index is 1.94. The van der Waals surface area contributed by atoms with Crippen LogP contribution in [0.25, 0.3) is 0 Å². The molecule has 7 heteroatoms. The van der Waals surface area contributed by atoms with Gasteiger partial charge in [0.15, 0.2) is 5.78 Å². The van der Waals surface area contributed by atoms with Gasteiger partial charge in [-0.3, -0.25) is 9.59 Å². The molecule has 0 N–H and O–H groups in total. The van der Waals surface area contributed by atoms with E-state index in [1.807, 2.05) is 6.92 Å². The minimum Gasteiger partial charge on any atom is -0.466 e. The van der Waals surface area contributed by atoms with Crippen molar-refractivity contribution in [2.75, 3.05) is 6.61 Å². The van der Waals surface area contributed by atoms with E-state index in [1.54, 1.807) is 26.0 Å². The lowest BCUT2D eigenvalue weighted by Gasteiger charge is -2.24. The van der Waals surface area contributed by atoms with Gasteiger partial charge in [0.05, 0.1) is 35.4 Å². The second-order valence-electron chi connectivity index (χ2n) is 6.02. The first-order chi connectivity index (χ1) is 10.8. The van der Waals surface area contributed by atoms with E-state index in [4.69, 9.17) is 4.74 Å². The molecule has 124 valence electrons. The third-order valence-corrected chi connectivity index (χ3v) is 6.54. The van der Waals surface area contributed by atoms with Gasteiger partial charge in [-0.1, -0.05) is 17.7 Å². The van der Waals surface area contributed by atoms with Crippen LogP contribution in [0.2, 0.25) is 0 Å². The molecule has 1 aliphatic heterocycles. The van der Waals surface area contributed by atoms with Crippen molar-refractivity contribution in [3.8, 4) is 0 Å². The number of nitrogens with zero attached hydrogens (tertiary/aromatic N) is 1. The van der Waals surface area contributed by atoms with Crippen molar-refractivity contribution in [1.29, 1.82) is 0 Å². The van der Waals surface area contributed by atoms with Crippen LogP contribution in [-0.2, 0) is 24.3 Å².